The normalized spacial score (nSPS) is 20.0. The van der Waals surface area contributed by atoms with Gasteiger partial charge < -0.3 is 10.1 Å². The Bertz CT molecular complexity index is 353. The number of rotatable bonds is 4. The SMILES string of the molecule is COCc1c(Cl)cccc1NC1CCSC1. The molecule has 16 heavy (non-hydrogen) atoms. The Morgan fingerprint density at radius 1 is 1.56 bits per heavy atom. The first kappa shape index (κ1) is 12.1. The van der Waals surface area contributed by atoms with Crippen LogP contribution in [0.5, 0.6) is 0 Å². The minimum Gasteiger partial charge on any atom is -0.381 e. The molecule has 0 bridgehead atoms. The standard InChI is InChI=1S/C12H16ClNOS/c1-15-7-10-11(13)3-2-4-12(10)14-9-5-6-16-8-9/h2-4,9,14H,5-8H2,1H3. The van der Waals surface area contributed by atoms with Gasteiger partial charge in [-0.25, -0.2) is 0 Å². The lowest BCUT2D eigenvalue weighted by atomic mass is 10.1. The van der Waals surface area contributed by atoms with Crippen LogP contribution < -0.4 is 5.32 Å². The monoisotopic (exact) mass is 257 g/mol. The molecule has 88 valence electrons. The number of anilines is 1. The molecule has 2 rings (SSSR count). The number of hydrogen-bond donors (Lipinski definition) is 1. The van der Waals surface area contributed by atoms with Crippen molar-refractivity contribution in [2.75, 3.05) is 23.9 Å². The molecule has 1 aliphatic heterocycles. The first-order valence-corrected chi connectivity index (χ1v) is 6.95. The molecule has 0 aromatic heterocycles. The molecule has 1 aliphatic rings. The molecule has 1 N–H and O–H groups in total. The van der Waals surface area contributed by atoms with Gasteiger partial charge >= 0.3 is 0 Å². The number of halogens is 1. The highest BCUT2D eigenvalue weighted by atomic mass is 35.5. The summed E-state index contributed by atoms with van der Waals surface area (Å²) in [5.41, 5.74) is 2.17. The summed E-state index contributed by atoms with van der Waals surface area (Å²) in [6.07, 6.45) is 1.23. The third-order valence-electron chi connectivity index (χ3n) is 2.70. The number of methoxy groups -OCH3 is 1. The molecule has 1 aromatic rings. The Hall–Kier alpha value is -0.380. The van der Waals surface area contributed by atoms with E-state index in [0.717, 1.165) is 16.3 Å². The highest BCUT2D eigenvalue weighted by Crippen LogP contribution is 2.28. The van der Waals surface area contributed by atoms with Gasteiger partial charge in [0.1, 0.15) is 0 Å². The van der Waals surface area contributed by atoms with Crippen molar-refractivity contribution < 1.29 is 4.74 Å². The quantitative estimate of drug-likeness (QED) is 0.893. The van der Waals surface area contributed by atoms with Gasteiger partial charge in [0, 0.05) is 35.2 Å². The van der Waals surface area contributed by atoms with Crippen molar-refractivity contribution in [3.05, 3.63) is 28.8 Å². The van der Waals surface area contributed by atoms with E-state index in [1.807, 2.05) is 23.9 Å². The molecular weight excluding hydrogens is 242 g/mol. The molecule has 1 heterocycles. The zero-order valence-electron chi connectivity index (χ0n) is 9.33. The predicted molar refractivity (Wildman–Crippen MR) is 71.5 cm³/mol. The second kappa shape index (κ2) is 5.80. The van der Waals surface area contributed by atoms with Crippen LogP contribution in [0, 0.1) is 0 Å². The van der Waals surface area contributed by atoms with Gasteiger partial charge in [-0.3, -0.25) is 0 Å². The number of benzene rings is 1. The fourth-order valence-corrected chi connectivity index (χ4v) is 3.23. The van der Waals surface area contributed by atoms with Crippen LogP contribution in [-0.2, 0) is 11.3 Å². The van der Waals surface area contributed by atoms with E-state index < -0.39 is 0 Å². The van der Waals surface area contributed by atoms with Crippen LogP contribution in [0.25, 0.3) is 0 Å². The molecule has 0 aliphatic carbocycles. The summed E-state index contributed by atoms with van der Waals surface area (Å²) in [6.45, 7) is 0.557. The highest BCUT2D eigenvalue weighted by Gasteiger charge is 2.17. The average Bonchev–Trinajstić information content (AvgIpc) is 2.76. The van der Waals surface area contributed by atoms with Gasteiger partial charge in [-0.15, -0.1) is 0 Å². The average molecular weight is 258 g/mol. The predicted octanol–water partition coefficient (Wildman–Crippen LogP) is 3.40. The van der Waals surface area contributed by atoms with E-state index in [1.54, 1.807) is 7.11 Å². The second-order valence-corrected chi connectivity index (χ2v) is 5.46. The van der Waals surface area contributed by atoms with Crippen molar-refractivity contribution in [1.82, 2.24) is 0 Å². The zero-order valence-corrected chi connectivity index (χ0v) is 10.9. The lowest BCUT2D eigenvalue weighted by molar-refractivity contribution is 0.185. The molecule has 1 aromatic carbocycles. The van der Waals surface area contributed by atoms with E-state index in [0.29, 0.717) is 12.6 Å². The van der Waals surface area contributed by atoms with E-state index in [1.165, 1.54) is 17.9 Å². The Labute approximate surface area is 106 Å². The molecule has 0 amide bonds. The summed E-state index contributed by atoms with van der Waals surface area (Å²) in [7, 11) is 1.69. The molecule has 2 nitrogen and oxygen atoms in total. The third kappa shape index (κ3) is 2.84. The van der Waals surface area contributed by atoms with Gasteiger partial charge in [-0.05, 0) is 24.3 Å². The van der Waals surface area contributed by atoms with Gasteiger partial charge in [0.15, 0.2) is 0 Å². The van der Waals surface area contributed by atoms with E-state index >= 15 is 0 Å². The fourth-order valence-electron chi connectivity index (χ4n) is 1.85. The summed E-state index contributed by atoms with van der Waals surface area (Å²) >= 11 is 8.17. The Kier molecular flexibility index (Phi) is 4.38. The van der Waals surface area contributed by atoms with Crippen LogP contribution in [-0.4, -0.2) is 24.7 Å². The molecule has 1 unspecified atom stereocenters. The highest BCUT2D eigenvalue weighted by molar-refractivity contribution is 7.99. The lowest BCUT2D eigenvalue weighted by Gasteiger charge is -2.17. The number of nitrogens with one attached hydrogen (secondary N) is 1. The maximum absolute atomic E-state index is 6.17. The summed E-state index contributed by atoms with van der Waals surface area (Å²) in [5, 5.41) is 4.33. The van der Waals surface area contributed by atoms with Crippen LogP contribution in [0.3, 0.4) is 0 Å². The van der Waals surface area contributed by atoms with Gasteiger partial charge in [-0.2, -0.15) is 11.8 Å². The molecular formula is C12H16ClNOS. The van der Waals surface area contributed by atoms with Crippen LogP contribution in [0.2, 0.25) is 5.02 Å². The zero-order chi connectivity index (χ0) is 11.4. The van der Waals surface area contributed by atoms with Crippen LogP contribution >= 0.6 is 23.4 Å². The summed E-state index contributed by atoms with van der Waals surface area (Å²) in [6, 6.07) is 6.53. The minimum absolute atomic E-state index is 0.557. The van der Waals surface area contributed by atoms with Crippen molar-refractivity contribution >= 4 is 29.1 Å². The number of hydrogen-bond acceptors (Lipinski definition) is 3. The molecule has 1 fully saturated rings. The van der Waals surface area contributed by atoms with E-state index in [9.17, 15) is 0 Å². The summed E-state index contributed by atoms with van der Waals surface area (Å²) in [5.74, 6) is 2.43. The fraction of sp³-hybridized carbons (Fsp3) is 0.500. The summed E-state index contributed by atoms with van der Waals surface area (Å²) < 4.78 is 5.18. The van der Waals surface area contributed by atoms with E-state index in [2.05, 4.69) is 11.4 Å². The molecule has 4 heteroatoms. The Morgan fingerprint density at radius 2 is 2.44 bits per heavy atom. The van der Waals surface area contributed by atoms with Crippen LogP contribution in [0.15, 0.2) is 18.2 Å². The molecule has 0 radical (unpaired) electrons. The summed E-state index contributed by atoms with van der Waals surface area (Å²) in [4.78, 5) is 0. The first-order valence-electron chi connectivity index (χ1n) is 5.42. The van der Waals surface area contributed by atoms with E-state index in [-0.39, 0.29) is 0 Å². The molecule has 1 saturated heterocycles. The molecule has 0 saturated carbocycles. The first-order chi connectivity index (χ1) is 7.81. The van der Waals surface area contributed by atoms with Crippen LogP contribution in [0.4, 0.5) is 5.69 Å². The topological polar surface area (TPSA) is 21.3 Å². The van der Waals surface area contributed by atoms with Crippen molar-refractivity contribution in [3.63, 3.8) is 0 Å². The number of ether oxygens (including phenoxy) is 1. The Morgan fingerprint density at radius 3 is 3.12 bits per heavy atom. The van der Waals surface area contributed by atoms with Crippen molar-refractivity contribution in [1.29, 1.82) is 0 Å². The lowest BCUT2D eigenvalue weighted by Crippen LogP contribution is -2.19. The third-order valence-corrected chi connectivity index (χ3v) is 4.21. The maximum Gasteiger partial charge on any atom is 0.0747 e. The van der Waals surface area contributed by atoms with Crippen molar-refractivity contribution in [2.24, 2.45) is 0 Å². The molecule has 1 atom stereocenters. The number of thioether (sulfide) groups is 1. The largest absolute Gasteiger partial charge is 0.381 e. The van der Waals surface area contributed by atoms with Gasteiger partial charge in [0.25, 0.3) is 0 Å². The van der Waals surface area contributed by atoms with Gasteiger partial charge in [0.2, 0.25) is 0 Å². The Balaban J connectivity index is 2.14. The van der Waals surface area contributed by atoms with Crippen LogP contribution in [0.1, 0.15) is 12.0 Å². The van der Waals surface area contributed by atoms with Gasteiger partial charge in [-0.1, -0.05) is 17.7 Å². The minimum atomic E-state index is 0.557. The maximum atomic E-state index is 6.17. The van der Waals surface area contributed by atoms with E-state index in [4.69, 9.17) is 16.3 Å². The van der Waals surface area contributed by atoms with Crippen molar-refractivity contribution in [2.45, 2.75) is 19.1 Å². The second-order valence-electron chi connectivity index (χ2n) is 3.90. The van der Waals surface area contributed by atoms with Gasteiger partial charge in [0.05, 0.1) is 6.61 Å². The van der Waals surface area contributed by atoms with Crippen molar-refractivity contribution in [3.8, 4) is 0 Å². The molecule has 0 spiro atoms. The smallest absolute Gasteiger partial charge is 0.0747 e.